The number of nitrogens with one attached hydrogen (secondary N) is 1. The number of rotatable bonds is 4. The van der Waals surface area contributed by atoms with Crippen LogP contribution in [-0.4, -0.2) is 12.5 Å². The van der Waals surface area contributed by atoms with Gasteiger partial charge in [0.05, 0.1) is 6.04 Å². The van der Waals surface area contributed by atoms with Crippen LogP contribution >= 0.6 is 11.6 Å². The van der Waals surface area contributed by atoms with Crippen LogP contribution < -0.4 is 11.1 Å². The van der Waals surface area contributed by atoms with Crippen LogP contribution in [0, 0.1) is 0 Å². The molecule has 0 radical (unpaired) electrons. The molecule has 0 aliphatic rings. The highest BCUT2D eigenvalue weighted by molar-refractivity contribution is 6.31. The van der Waals surface area contributed by atoms with Crippen LogP contribution in [0.5, 0.6) is 0 Å². The molecule has 3 nitrogen and oxygen atoms in total. The zero-order chi connectivity index (χ0) is 11.3. The maximum absolute atomic E-state index is 11.3. The molecule has 0 bridgehead atoms. The number of carbonyl (C=O) groups is 1. The summed E-state index contributed by atoms with van der Waals surface area (Å²) in [5, 5.41) is 3.50. The summed E-state index contributed by atoms with van der Waals surface area (Å²) in [4.78, 5) is 11.3. The summed E-state index contributed by atoms with van der Waals surface area (Å²) in [5.74, 6) is -0.0510. The number of hydrogen-bond acceptors (Lipinski definition) is 2. The van der Waals surface area contributed by atoms with E-state index in [9.17, 15) is 4.79 Å². The lowest BCUT2D eigenvalue weighted by molar-refractivity contribution is -0.121. The molecular formula is C11H15ClN2O. The molecule has 0 aliphatic carbocycles. The van der Waals surface area contributed by atoms with Crippen LogP contribution in [0.1, 0.15) is 24.9 Å². The third kappa shape index (κ3) is 3.53. The molecule has 0 saturated heterocycles. The first kappa shape index (κ1) is 12.0. The van der Waals surface area contributed by atoms with Crippen molar-refractivity contribution in [3.63, 3.8) is 0 Å². The van der Waals surface area contributed by atoms with Crippen molar-refractivity contribution in [3.8, 4) is 0 Å². The van der Waals surface area contributed by atoms with Crippen molar-refractivity contribution in [2.45, 2.75) is 19.4 Å². The summed E-state index contributed by atoms with van der Waals surface area (Å²) in [6.45, 7) is 2.26. The van der Waals surface area contributed by atoms with E-state index in [1.54, 1.807) is 0 Å². The molecule has 0 saturated carbocycles. The summed E-state index contributed by atoms with van der Waals surface area (Å²) in [6, 6.07) is 7.38. The monoisotopic (exact) mass is 226 g/mol. The molecule has 1 rings (SSSR count). The average Bonchev–Trinajstić information content (AvgIpc) is 2.18. The molecule has 0 heterocycles. The van der Waals surface area contributed by atoms with Crippen LogP contribution in [0.25, 0.3) is 0 Å². The Morgan fingerprint density at radius 1 is 1.53 bits per heavy atom. The molecule has 82 valence electrons. The van der Waals surface area contributed by atoms with Gasteiger partial charge < -0.3 is 11.1 Å². The number of carbonyl (C=O) groups excluding carboxylic acids is 1. The summed E-state index contributed by atoms with van der Waals surface area (Å²) >= 11 is 6.00. The zero-order valence-corrected chi connectivity index (χ0v) is 9.42. The quantitative estimate of drug-likeness (QED) is 0.824. The van der Waals surface area contributed by atoms with Crippen molar-refractivity contribution in [3.05, 3.63) is 34.9 Å². The van der Waals surface area contributed by atoms with Gasteiger partial charge in [0.25, 0.3) is 0 Å². The van der Waals surface area contributed by atoms with Gasteiger partial charge in [0.15, 0.2) is 0 Å². The molecule has 0 spiro atoms. The van der Waals surface area contributed by atoms with E-state index in [2.05, 4.69) is 5.32 Å². The normalized spacial score (nSPS) is 12.2. The number of halogens is 1. The van der Waals surface area contributed by atoms with Gasteiger partial charge in [-0.05, 0) is 18.6 Å². The Morgan fingerprint density at radius 2 is 2.20 bits per heavy atom. The summed E-state index contributed by atoms with van der Waals surface area (Å²) in [5.41, 5.74) is 6.21. The molecule has 0 fully saturated rings. The maximum Gasteiger partial charge on any atom is 0.221 e. The fourth-order valence-corrected chi connectivity index (χ4v) is 1.65. The van der Waals surface area contributed by atoms with Gasteiger partial charge >= 0.3 is 0 Å². The van der Waals surface area contributed by atoms with Gasteiger partial charge in [-0.3, -0.25) is 4.79 Å². The Hall–Kier alpha value is -1.06. The number of amides is 1. The fraction of sp³-hybridized carbons (Fsp3) is 0.364. The predicted molar refractivity (Wildman–Crippen MR) is 61.7 cm³/mol. The number of benzene rings is 1. The lowest BCUT2D eigenvalue weighted by Gasteiger charge is -2.15. The molecule has 1 atom stereocenters. The highest BCUT2D eigenvalue weighted by Crippen LogP contribution is 2.21. The van der Waals surface area contributed by atoms with Gasteiger partial charge in [0.1, 0.15) is 0 Å². The van der Waals surface area contributed by atoms with Gasteiger partial charge in [-0.1, -0.05) is 29.8 Å². The van der Waals surface area contributed by atoms with Crippen LogP contribution in [-0.2, 0) is 4.79 Å². The molecule has 1 aromatic carbocycles. The van der Waals surface area contributed by atoms with Gasteiger partial charge in [-0.15, -0.1) is 0 Å². The van der Waals surface area contributed by atoms with E-state index in [1.165, 1.54) is 0 Å². The van der Waals surface area contributed by atoms with E-state index in [1.807, 2.05) is 31.2 Å². The Morgan fingerprint density at radius 3 is 2.80 bits per heavy atom. The minimum absolute atomic E-state index is 0.0510. The standard InChI is InChI=1S/C11H15ClN2O/c1-8(14-11(15)6-7-13)9-4-2-3-5-10(9)12/h2-5,8H,6-7,13H2,1H3,(H,14,15). The Bertz CT molecular complexity index is 341. The van der Waals surface area contributed by atoms with E-state index in [-0.39, 0.29) is 11.9 Å². The van der Waals surface area contributed by atoms with Crippen molar-refractivity contribution in [1.82, 2.24) is 5.32 Å². The van der Waals surface area contributed by atoms with Crippen LogP contribution in [0.3, 0.4) is 0 Å². The maximum atomic E-state index is 11.3. The van der Waals surface area contributed by atoms with E-state index >= 15 is 0 Å². The number of nitrogens with two attached hydrogens (primary N) is 1. The van der Waals surface area contributed by atoms with Crippen molar-refractivity contribution < 1.29 is 4.79 Å². The summed E-state index contributed by atoms with van der Waals surface area (Å²) in [6.07, 6.45) is 0.342. The zero-order valence-electron chi connectivity index (χ0n) is 8.66. The van der Waals surface area contributed by atoms with Gasteiger partial charge in [-0.25, -0.2) is 0 Å². The van der Waals surface area contributed by atoms with Crippen molar-refractivity contribution in [1.29, 1.82) is 0 Å². The Kier molecular flexibility index (Phi) is 4.59. The molecular weight excluding hydrogens is 212 g/mol. The topological polar surface area (TPSA) is 55.1 Å². The molecule has 15 heavy (non-hydrogen) atoms. The molecule has 0 aromatic heterocycles. The Balaban J connectivity index is 2.65. The lowest BCUT2D eigenvalue weighted by Crippen LogP contribution is -2.28. The Labute approximate surface area is 94.6 Å². The highest BCUT2D eigenvalue weighted by atomic mass is 35.5. The molecule has 1 amide bonds. The van der Waals surface area contributed by atoms with Crippen LogP contribution in [0.15, 0.2) is 24.3 Å². The second-order valence-electron chi connectivity index (χ2n) is 3.35. The van der Waals surface area contributed by atoms with Crippen molar-refractivity contribution >= 4 is 17.5 Å². The van der Waals surface area contributed by atoms with Crippen molar-refractivity contribution in [2.75, 3.05) is 6.54 Å². The predicted octanol–water partition coefficient (Wildman–Crippen LogP) is 1.87. The first-order valence-corrected chi connectivity index (χ1v) is 5.26. The van der Waals surface area contributed by atoms with E-state index in [4.69, 9.17) is 17.3 Å². The summed E-state index contributed by atoms with van der Waals surface area (Å²) in [7, 11) is 0. The fourth-order valence-electron chi connectivity index (χ4n) is 1.35. The average molecular weight is 227 g/mol. The largest absolute Gasteiger partial charge is 0.349 e. The van der Waals surface area contributed by atoms with E-state index in [0.717, 1.165) is 5.56 Å². The minimum Gasteiger partial charge on any atom is -0.349 e. The molecule has 0 aliphatic heterocycles. The summed E-state index contributed by atoms with van der Waals surface area (Å²) < 4.78 is 0. The minimum atomic E-state index is -0.0854. The van der Waals surface area contributed by atoms with Gasteiger partial charge in [-0.2, -0.15) is 0 Å². The van der Waals surface area contributed by atoms with Gasteiger partial charge in [0, 0.05) is 18.0 Å². The third-order valence-corrected chi connectivity index (χ3v) is 2.46. The first-order valence-electron chi connectivity index (χ1n) is 4.89. The van der Waals surface area contributed by atoms with Crippen molar-refractivity contribution in [2.24, 2.45) is 5.73 Å². The van der Waals surface area contributed by atoms with E-state index < -0.39 is 0 Å². The molecule has 1 aromatic rings. The SMILES string of the molecule is CC(NC(=O)CCN)c1ccccc1Cl. The number of hydrogen-bond donors (Lipinski definition) is 2. The third-order valence-electron chi connectivity index (χ3n) is 2.12. The molecule has 1 unspecified atom stereocenters. The molecule has 4 heteroatoms. The first-order chi connectivity index (χ1) is 7.15. The second kappa shape index (κ2) is 5.73. The van der Waals surface area contributed by atoms with Gasteiger partial charge in [0.2, 0.25) is 5.91 Å². The lowest BCUT2D eigenvalue weighted by atomic mass is 10.1. The van der Waals surface area contributed by atoms with E-state index in [0.29, 0.717) is 18.0 Å². The molecule has 3 N–H and O–H groups in total. The van der Waals surface area contributed by atoms with Crippen LogP contribution in [0.4, 0.5) is 0 Å². The van der Waals surface area contributed by atoms with Crippen LogP contribution in [0.2, 0.25) is 5.02 Å². The highest BCUT2D eigenvalue weighted by Gasteiger charge is 2.11. The second-order valence-corrected chi connectivity index (χ2v) is 3.76. The smallest absolute Gasteiger partial charge is 0.221 e.